The molecule has 0 fully saturated rings. The van der Waals surface area contributed by atoms with Crippen LogP contribution in [0.3, 0.4) is 0 Å². The molecule has 0 saturated carbocycles. The van der Waals surface area contributed by atoms with Gasteiger partial charge < -0.3 is 0 Å². The molecule has 0 nitrogen and oxygen atoms in total. The Balaban J connectivity index is 3.27. The molecule has 0 heterocycles. The normalized spacial score (nSPS) is 11.0. The number of hydrogen-bond acceptors (Lipinski definition) is 0. The highest BCUT2D eigenvalue weighted by Gasteiger charge is 1.53. The Bertz CT molecular complexity index is 86.2. The fourth-order valence-electron chi connectivity index (χ4n) is 0.216. The van der Waals surface area contributed by atoms with Crippen molar-refractivity contribution in [2.45, 2.75) is 6.92 Å². The number of allylic oxidation sites excluding steroid dienone is 5. The summed E-state index contributed by atoms with van der Waals surface area (Å²) in [5.41, 5.74) is 0. The number of hydrogen-bond donors (Lipinski definition) is 0. The van der Waals surface area contributed by atoms with Gasteiger partial charge in [-0.1, -0.05) is 30.9 Å². The quantitative estimate of drug-likeness (QED) is 0.456. The molecule has 0 aromatic carbocycles. The molecule has 0 bridgehead atoms. The van der Waals surface area contributed by atoms with Crippen molar-refractivity contribution in [1.82, 2.24) is 0 Å². The molecule has 0 amide bonds. The van der Waals surface area contributed by atoms with Gasteiger partial charge in [-0.05, 0) is 13.0 Å². The van der Waals surface area contributed by atoms with Crippen molar-refractivity contribution >= 4 is 0 Å². The van der Waals surface area contributed by atoms with E-state index in [0.29, 0.717) is 0 Å². The third kappa shape index (κ3) is 5.22. The zero-order valence-corrected chi connectivity index (χ0v) is 4.39. The molecule has 0 unspecified atom stereocenters. The third-order valence-corrected chi connectivity index (χ3v) is 0.485. The summed E-state index contributed by atoms with van der Waals surface area (Å²) in [6.45, 7) is 6.84. The molecule has 36 valence electrons. The summed E-state index contributed by atoms with van der Waals surface area (Å²) in [5, 5.41) is 0. The van der Waals surface area contributed by atoms with Crippen LogP contribution in [0.25, 0.3) is 0 Å². The van der Waals surface area contributed by atoms with Crippen LogP contribution in [-0.2, 0) is 0 Å². The zero-order valence-electron chi connectivity index (χ0n) is 4.39. The van der Waals surface area contributed by atoms with Gasteiger partial charge in [0.2, 0.25) is 0 Å². The molecule has 0 aliphatic rings. The molecular formula is C7H8. The van der Waals surface area contributed by atoms with Crippen LogP contribution < -0.4 is 0 Å². The van der Waals surface area contributed by atoms with Gasteiger partial charge in [0.25, 0.3) is 0 Å². The van der Waals surface area contributed by atoms with Crippen LogP contribution in [0.5, 0.6) is 0 Å². The van der Waals surface area contributed by atoms with Gasteiger partial charge in [-0.15, -0.1) is 0 Å². The van der Waals surface area contributed by atoms with Crippen molar-refractivity contribution in [3.05, 3.63) is 37.0 Å². The van der Waals surface area contributed by atoms with Gasteiger partial charge >= 0.3 is 0 Å². The van der Waals surface area contributed by atoms with Gasteiger partial charge in [-0.25, -0.2) is 0 Å². The van der Waals surface area contributed by atoms with E-state index in [2.05, 4.69) is 6.08 Å². The summed E-state index contributed by atoms with van der Waals surface area (Å²) >= 11 is 0. The van der Waals surface area contributed by atoms with Crippen LogP contribution in [0.4, 0.5) is 0 Å². The van der Waals surface area contributed by atoms with Crippen molar-refractivity contribution in [3.63, 3.8) is 0 Å². The molecule has 0 rings (SSSR count). The topological polar surface area (TPSA) is 0 Å². The van der Waals surface area contributed by atoms with Gasteiger partial charge in [0, 0.05) is 0 Å². The first-order chi connectivity index (χ1) is 3.41. The zero-order chi connectivity index (χ0) is 5.54. The monoisotopic (exact) mass is 92.1 g/mol. The van der Waals surface area contributed by atoms with Crippen LogP contribution in [0.15, 0.2) is 24.3 Å². The Labute approximate surface area is 44.9 Å². The molecule has 7 heavy (non-hydrogen) atoms. The van der Waals surface area contributed by atoms with Gasteiger partial charge in [-0.3, -0.25) is 0 Å². The Morgan fingerprint density at radius 2 is 2.14 bits per heavy atom. The third-order valence-electron chi connectivity index (χ3n) is 0.485. The van der Waals surface area contributed by atoms with Crippen molar-refractivity contribution in [2.75, 3.05) is 0 Å². The highest BCUT2D eigenvalue weighted by Crippen LogP contribution is 1.73. The number of rotatable bonds is 2. The Hall–Kier alpha value is -0.780. The summed E-state index contributed by atoms with van der Waals surface area (Å²) in [4.78, 5) is 0. The lowest BCUT2D eigenvalue weighted by molar-refractivity contribution is 1.65. The molecule has 0 saturated heterocycles. The van der Waals surface area contributed by atoms with E-state index in [4.69, 9.17) is 6.58 Å². The Morgan fingerprint density at radius 1 is 1.43 bits per heavy atom. The van der Waals surface area contributed by atoms with E-state index >= 15 is 0 Å². The Morgan fingerprint density at radius 3 is 2.57 bits per heavy atom. The first kappa shape index (κ1) is 6.22. The predicted molar refractivity (Wildman–Crippen MR) is 31.5 cm³/mol. The molecule has 0 heteroatoms. The van der Waals surface area contributed by atoms with Crippen molar-refractivity contribution in [3.8, 4) is 0 Å². The molecule has 0 aromatic rings. The van der Waals surface area contributed by atoms with E-state index in [0.717, 1.165) is 0 Å². The van der Waals surface area contributed by atoms with Gasteiger partial charge in [-0.2, -0.15) is 0 Å². The summed E-state index contributed by atoms with van der Waals surface area (Å²) in [7, 11) is 0. The van der Waals surface area contributed by atoms with Crippen LogP contribution in [0.1, 0.15) is 6.92 Å². The SMILES string of the molecule is [CH]=CC=C/C=[C]/C. The molecule has 0 aliphatic heterocycles. The summed E-state index contributed by atoms with van der Waals surface area (Å²) in [6, 6.07) is 0. The molecular weight excluding hydrogens is 84.1 g/mol. The maximum atomic E-state index is 5.01. The Kier molecular flexibility index (Phi) is 4.64. The van der Waals surface area contributed by atoms with Crippen LogP contribution in [0, 0.1) is 12.7 Å². The summed E-state index contributed by atoms with van der Waals surface area (Å²) < 4.78 is 0. The largest absolute Gasteiger partial charge is 0.0623 e. The average molecular weight is 92.1 g/mol. The predicted octanol–water partition coefficient (Wildman–Crippen LogP) is 1.91. The molecule has 2 radical (unpaired) electrons. The second-order valence-electron chi connectivity index (χ2n) is 1.03. The lowest BCUT2D eigenvalue weighted by atomic mass is 10.4. The van der Waals surface area contributed by atoms with Gasteiger partial charge in [0.05, 0.1) is 0 Å². The minimum absolute atomic E-state index is 1.48. The lowest BCUT2D eigenvalue weighted by Gasteiger charge is -1.64. The molecule has 0 aromatic heterocycles. The van der Waals surface area contributed by atoms with Crippen LogP contribution in [0.2, 0.25) is 0 Å². The maximum absolute atomic E-state index is 5.01. The molecule has 0 N–H and O–H groups in total. The first-order valence-corrected chi connectivity index (χ1v) is 2.12. The van der Waals surface area contributed by atoms with E-state index in [1.807, 2.05) is 13.0 Å². The molecule has 0 atom stereocenters. The van der Waals surface area contributed by atoms with E-state index in [1.165, 1.54) is 6.08 Å². The highest BCUT2D eigenvalue weighted by molar-refractivity contribution is 5.05. The van der Waals surface area contributed by atoms with E-state index < -0.39 is 0 Å². The summed E-state index contributed by atoms with van der Waals surface area (Å²) in [5.74, 6) is 0. The summed E-state index contributed by atoms with van der Waals surface area (Å²) in [6.07, 6.45) is 9.66. The van der Waals surface area contributed by atoms with Crippen molar-refractivity contribution < 1.29 is 0 Å². The van der Waals surface area contributed by atoms with E-state index in [-0.39, 0.29) is 0 Å². The molecule has 0 spiro atoms. The van der Waals surface area contributed by atoms with Gasteiger partial charge in [0.15, 0.2) is 0 Å². The standard InChI is InChI=1S/C7H8/c1-3-5-7-6-4-2/h1,3,5-7H,2H3. The average Bonchev–Trinajstić information content (AvgIpc) is 1.69. The van der Waals surface area contributed by atoms with Crippen LogP contribution in [-0.4, -0.2) is 0 Å². The smallest absolute Gasteiger partial charge is 0.0395 e. The lowest BCUT2D eigenvalue weighted by Crippen LogP contribution is -1.44. The highest BCUT2D eigenvalue weighted by atomic mass is 13.6. The van der Waals surface area contributed by atoms with Gasteiger partial charge in [0.1, 0.15) is 0 Å². The minimum Gasteiger partial charge on any atom is -0.0623 e. The maximum Gasteiger partial charge on any atom is -0.0395 e. The fraction of sp³-hybridized carbons (Fsp3) is 0.143. The molecule has 0 aliphatic carbocycles. The fourth-order valence-corrected chi connectivity index (χ4v) is 0.216. The van der Waals surface area contributed by atoms with E-state index in [1.54, 1.807) is 12.2 Å². The van der Waals surface area contributed by atoms with Crippen molar-refractivity contribution in [1.29, 1.82) is 0 Å². The van der Waals surface area contributed by atoms with Crippen molar-refractivity contribution in [2.24, 2.45) is 0 Å². The van der Waals surface area contributed by atoms with Crippen LogP contribution >= 0.6 is 0 Å². The minimum atomic E-state index is 1.48. The second kappa shape index (κ2) is 5.22. The van der Waals surface area contributed by atoms with E-state index in [9.17, 15) is 0 Å². The second-order valence-corrected chi connectivity index (χ2v) is 1.03. The first-order valence-electron chi connectivity index (χ1n) is 2.12.